The average Bonchev–Trinajstić information content (AvgIpc) is 2.41. The molecule has 1 heterocycles. The van der Waals surface area contributed by atoms with Gasteiger partial charge in [0, 0.05) is 18.0 Å². The van der Waals surface area contributed by atoms with Crippen LogP contribution < -0.4 is 15.8 Å². The molecular formula is C15H17N3O2. The molecular weight excluding hydrogens is 254 g/mol. The van der Waals surface area contributed by atoms with E-state index in [1.165, 1.54) is 0 Å². The third kappa shape index (κ3) is 3.98. The molecule has 0 spiro atoms. The van der Waals surface area contributed by atoms with Gasteiger partial charge in [-0.25, -0.2) is 4.98 Å². The van der Waals surface area contributed by atoms with Crippen LogP contribution in [0, 0.1) is 6.92 Å². The summed E-state index contributed by atoms with van der Waals surface area (Å²) in [4.78, 5) is 15.9. The van der Waals surface area contributed by atoms with Crippen LogP contribution in [0.4, 0.5) is 11.5 Å². The highest BCUT2D eigenvalue weighted by Gasteiger charge is 2.05. The standard InChI is InChI=1S/C15H17N3O2/c1-11-4-3-8-17-15(11)18-14(19)7-9-20-13-6-2-5-12(16)10-13/h2-6,8,10H,7,9,16H2,1H3,(H,17,18,19). The van der Waals surface area contributed by atoms with Gasteiger partial charge in [-0.3, -0.25) is 4.79 Å². The average molecular weight is 271 g/mol. The van der Waals surface area contributed by atoms with Crippen molar-refractivity contribution in [2.45, 2.75) is 13.3 Å². The van der Waals surface area contributed by atoms with Crippen LogP contribution in [0.15, 0.2) is 42.6 Å². The molecule has 0 aliphatic carbocycles. The van der Waals surface area contributed by atoms with Crippen LogP contribution in [0.3, 0.4) is 0 Å². The fourth-order valence-corrected chi connectivity index (χ4v) is 1.68. The summed E-state index contributed by atoms with van der Waals surface area (Å²) in [7, 11) is 0. The molecule has 5 heteroatoms. The number of nitrogens with zero attached hydrogens (tertiary/aromatic N) is 1. The molecule has 1 aromatic carbocycles. The first kappa shape index (κ1) is 13.9. The number of carbonyl (C=O) groups is 1. The monoisotopic (exact) mass is 271 g/mol. The number of anilines is 2. The Labute approximate surface area is 117 Å². The number of aryl methyl sites for hydroxylation is 1. The van der Waals surface area contributed by atoms with Crippen LogP contribution in [0.25, 0.3) is 0 Å². The third-order valence-corrected chi connectivity index (χ3v) is 2.72. The van der Waals surface area contributed by atoms with E-state index >= 15 is 0 Å². The minimum atomic E-state index is -0.129. The van der Waals surface area contributed by atoms with Gasteiger partial charge in [-0.1, -0.05) is 12.1 Å². The van der Waals surface area contributed by atoms with Crippen LogP contribution >= 0.6 is 0 Å². The van der Waals surface area contributed by atoms with Gasteiger partial charge in [0.25, 0.3) is 0 Å². The Kier molecular flexibility index (Phi) is 4.55. The molecule has 0 saturated carbocycles. The second-order valence-electron chi connectivity index (χ2n) is 4.39. The van der Waals surface area contributed by atoms with Crippen LogP contribution in [0.1, 0.15) is 12.0 Å². The van der Waals surface area contributed by atoms with Crippen molar-refractivity contribution >= 4 is 17.4 Å². The lowest BCUT2D eigenvalue weighted by atomic mass is 10.3. The molecule has 0 atom stereocenters. The SMILES string of the molecule is Cc1cccnc1NC(=O)CCOc1cccc(N)c1. The lowest BCUT2D eigenvalue weighted by Crippen LogP contribution is -2.16. The summed E-state index contributed by atoms with van der Waals surface area (Å²) in [6.07, 6.45) is 1.90. The number of aromatic nitrogens is 1. The molecule has 20 heavy (non-hydrogen) atoms. The van der Waals surface area contributed by atoms with Crippen molar-refractivity contribution in [3.05, 3.63) is 48.2 Å². The fourth-order valence-electron chi connectivity index (χ4n) is 1.68. The van der Waals surface area contributed by atoms with E-state index in [4.69, 9.17) is 10.5 Å². The summed E-state index contributed by atoms with van der Waals surface area (Å²) in [5.41, 5.74) is 7.20. The maximum atomic E-state index is 11.8. The number of pyridine rings is 1. The first-order valence-electron chi connectivity index (χ1n) is 6.35. The van der Waals surface area contributed by atoms with E-state index in [9.17, 15) is 4.79 Å². The van der Waals surface area contributed by atoms with Gasteiger partial charge in [0.15, 0.2) is 0 Å². The Morgan fingerprint density at radius 2 is 2.20 bits per heavy atom. The molecule has 104 valence electrons. The van der Waals surface area contributed by atoms with Gasteiger partial charge in [-0.05, 0) is 30.7 Å². The van der Waals surface area contributed by atoms with E-state index in [2.05, 4.69) is 10.3 Å². The van der Waals surface area contributed by atoms with E-state index in [1.807, 2.05) is 25.1 Å². The number of hydrogen-bond donors (Lipinski definition) is 2. The highest BCUT2D eigenvalue weighted by atomic mass is 16.5. The molecule has 2 aromatic rings. The molecule has 0 saturated heterocycles. The summed E-state index contributed by atoms with van der Waals surface area (Å²) >= 11 is 0. The van der Waals surface area contributed by atoms with Crippen molar-refractivity contribution in [1.82, 2.24) is 4.98 Å². The number of nitrogen functional groups attached to an aromatic ring is 1. The molecule has 2 rings (SSSR count). The molecule has 3 N–H and O–H groups in total. The largest absolute Gasteiger partial charge is 0.493 e. The van der Waals surface area contributed by atoms with Gasteiger partial charge >= 0.3 is 0 Å². The van der Waals surface area contributed by atoms with E-state index in [-0.39, 0.29) is 12.3 Å². The zero-order valence-electron chi connectivity index (χ0n) is 11.3. The van der Waals surface area contributed by atoms with Crippen LogP contribution in [0.5, 0.6) is 5.75 Å². The summed E-state index contributed by atoms with van der Waals surface area (Å²) in [5, 5.41) is 2.75. The van der Waals surface area contributed by atoms with Crippen LogP contribution in [-0.4, -0.2) is 17.5 Å². The summed E-state index contributed by atoms with van der Waals surface area (Å²) in [5.74, 6) is 1.11. The van der Waals surface area contributed by atoms with Crippen molar-refractivity contribution in [2.75, 3.05) is 17.7 Å². The zero-order chi connectivity index (χ0) is 14.4. The molecule has 0 unspecified atom stereocenters. The summed E-state index contributed by atoms with van der Waals surface area (Å²) in [6, 6.07) is 10.8. The normalized spacial score (nSPS) is 10.1. The van der Waals surface area contributed by atoms with Crippen LogP contribution in [-0.2, 0) is 4.79 Å². The van der Waals surface area contributed by atoms with E-state index in [1.54, 1.807) is 24.4 Å². The molecule has 0 bridgehead atoms. The number of amides is 1. The Bertz CT molecular complexity index is 599. The Morgan fingerprint density at radius 3 is 2.95 bits per heavy atom. The molecule has 0 fully saturated rings. The highest BCUT2D eigenvalue weighted by Crippen LogP contribution is 2.14. The number of rotatable bonds is 5. The molecule has 0 radical (unpaired) electrons. The van der Waals surface area contributed by atoms with E-state index < -0.39 is 0 Å². The van der Waals surface area contributed by atoms with Crippen molar-refractivity contribution in [3.63, 3.8) is 0 Å². The highest BCUT2D eigenvalue weighted by molar-refractivity contribution is 5.90. The molecule has 1 aromatic heterocycles. The van der Waals surface area contributed by atoms with Gasteiger partial charge < -0.3 is 15.8 Å². The lowest BCUT2D eigenvalue weighted by Gasteiger charge is -2.08. The topological polar surface area (TPSA) is 77.2 Å². The predicted molar refractivity (Wildman–Crippen MR) is 78.6 cm³/mol. The van der Waals surface area contributed by atoms with Gasteiger partial charge in [0.1, 0.15) is 11.6 Å². The molecule has 1 amide bonds. The molecule has 5 nitrogen and oxygen atoms in total. The van der Waals surface area contributed by atoms with Crippen molar-refractivity contribution in [3.8, 4) is 5.75 Å². The Hall–Kier alpha value is -2.56. The third-order valence-electron chi connectivity index (χ3n) is 2.72. The number of nitrogens with two attached hydrogens (primary N) is 1. The number of carbonyl (C=O) groups excluding carboxylic acids is 1. The van der Waals surface area contributed by atoms with Crippen LogP contribution in [0.2, 0.25) is 0 Å². The van der Waals surface area contributed by atoms with Gasteiger partial charge in [-0.15, -0.1) is 0 Å². The van der Waals surface area contributed by atoms with Crippen molar-refractivity contribution in [2.24, 2.45) is 0 Å². The quantitative estimate of drug-likeness (QED) is 0.818. The van der Waals surface area contributed by atoms with Gasteiger partial charge in [0.2, 0.25) is 5.91 Å². The van der Waals surface area contributed by atoms with Crippen molar-refractivity contribution < 1.29 is 9.53 Å². The minimum Gasteiger partial charge on any atom is -0.493 e. The number of hydrogen-bond acceptors (Lipinski definition) is 4. The van der Waals surface area contributed by atoms with E-state index in [0.717, 1.165) is 5.56 Å². The van der Waals surface area contributed by atoms with Gasteiger partial charge in [0.05, 0.1) is 13.0 Å². The summed E-state index contributed by atoms with van der Waals surface area (Å²) < 4.78 is 5.46. The smallest absolute Gasteiger partial charge is 0.228 e. The second-order valence-corrected chi connectivity index (χ2v) is 4.39. The minimum absolute atomic E-state index is 0.129. The predicted octanol–water partition coefficient (Wildman–Crippen LogP) is 2.38. The summed E-state index contributed by atoms with van der Waals surface area (Å²) in [6.45, 7) is 2.19. The first-order valence-corrected chi connectivity index (χ1v) is 6.35. The Balaban J connectivity index is 1.80. The lowest BCUT2D eigenvalue weighted by molar-refractivity contribution is -0.116. The van der Waals surface area contributed by atoms with Gasteiger partial charge in [-0.2, -0.15) is 0 Å². The first-order chi connectivity index (χ1) is 9.65. The molecule has 0 aliphatic rings. The van der Waals surface area contributed by atoms with E-state index in [0.29, 0.717) is 23.9 Å². The second kappa shape index (κ2) is 6.56. The Morgan fingerprint density at radius 1 is 1.35 bits per heavy atom. The molecule has 0 aliphatic heterocycles. The maximum Gasteiger partial charge on any atom is 0.228 e. The van der Waals surface area contributed by atoms with Crippen molar-refractivity contribution in [1.29, 1.82) is 0 Å². The number of ether oxygens (including phenoxy) is 1. The zero-order valence-corrected chi connectivity index (χ0v) is 11.3. The fraction of sp³-hybridized carbons (Fsp3) is 0.200. The number of benzene rings is 1. The maximum absolute atomic E-state index is 11.8. The number of nitrogens with one attached hydrogen (secondary N) is 1.